The molecule has 8 heteroatoms. The quantitative estimate of drug-likeness (QED) is 0.675. The maximum Gasteiger partial charge on any atom is 0.338 e. The third-order valence-electron chi connectivity index (χ3n) is 3.80. The Morgan fingerprint density at radius 3 is 2.59 bits per heavy atom. The number of benzene rings is 2. The summed E-state index contributed by atoms with van der Waals surface area (Å²) in [6.45, 7) is 2.23. The molecule has 2 aromatic carbocycles. The highest BCUT2D eigenvalue weighted by Gasteiger charge is 2.32. The van der Waals surface area contributed by atoms with Crippen molar-refractivity contribution in [3.8, 4) is 5.75 Å². The molecule has 1 fully saturated rings. The van der Waals surface area contributed by atoms with Gasteiger partial charge >= 0.3 is 5.97 Å². The van der Waals surface area contributed by atoms with Gasteiger partial charge in [0.05, 0.1) is 16.2 Å². The van der Waals surface area contributed by atoms with Crippen molar-refractivity contribution in [1.29, 1.82) is 0 Å². The van der Waals surface area contributed by atoms with Crippen LogP contribution in [0.4, 0.5) is 5.69 Å². The summed E-state index contributed by atoms with van der Waals surface area (Å²) in [7, 11) is 0. The number of aliphatic imine (C=N–C) groups is 1. The van der Waals surface area contributed by atoms with E-state index in [-0.39, 0.29) is 22.9 Å². The van der Waals surface area contributed by atoms with Crippen LogP contribution < -0.4 is 0 Å². The molecule has 3 rings (SSSR count). The summed E-state index contributed by atoms with van der Waals surface area (Å²) in [5.74, 6) is -1.54. The summed E-state index contributed by atoms with van der Waals surface area (Å²) in [6.07, 6.45) is 1.78. The van der Waals surface area contributed by atoms with Gasteiger partial charge in [0.15, 0.2) is 5.17 Å². The molecule has 2 N–H and O–H groups in total. The van der Waals surface area contributed by atoms with Crippen LogP contribution in [0.2, 0.25) is 0 Å². The Balaban J connectivity index is 1.99. The van der Waals surface area contributed by atoms with Gasteiger partial charge < -0.3 is 10.2 Å². The molecule has 1 aliphatic rings. The van der Waals surface area contributed by atoms with Gasteiger partial charge in [-0.05, 0) is 60.7 Å². The summed E-state index contributed by atoms with van der Waals surface area (Å²) in [4.78, 5) is 30.5. The number of phenols is 1. The average molecular weight is 447 g/mol. The van der Waals surface area contributed by atoms with Crippen LogP contribution in [0.25, 0.3) is 6.08 Å². The zero-order valence-corrected chi connectivity index (χ0v) is 16.6. The van der Waals surface area contributed by atoms with E-state index in [1.54, 1.807) is 6.08 Å². The fourth-order valence-corrected chi connectivity index (χ4v) is 3.80. The highest BCUT2D eigenvalue weighted by atomic mass is 79.9. The van der Waals surface area contributed by atoms with Gasteiger partial charge in [0.2, 0.25) is 0 Å². The number of nitrogens with zero attached hydrogens (tertiary/aromatic N) is 2. The Hall–Kier alpha value is -2.58. The summed E-state index contributed by atoms with van der Waals surface area (Å²) in [5, 5.41) is 19.2. The molecule has 0 bridgehead atoms. The minimum atomic E-state index is -1.20. The first-order valence-electron chi connectivity index (χ1n) is 8.01. The van der Waals surface area contributed by atoms with Crippen molar-refractivity contribution < 1.29 is 19.8 Å². The number of hydrogen-bond donors (Lipinski definition) is 2. The van der Waals surface area contributed by atoms with E-state index in [0.717, 1.165) is 16.1 Å². The topological polar surface area (TPSA) is 90.2 Å². The number of amides is 1. The number of carbonyl (C=O) groups is 2. The molecule has 0 saturated carbocycles. The first kappa shape index (κ1) is 19.2. The number of amidine groups is 1. The third-order valence-corrected chi connectivity index (χ3v) is 5.33. The minimum absolute atomic E-state index is 0.128. The number of thioether (sulfide) groups is 1. The number of aromatic carboxylic acids is 1. The molecule has 1 aliphatic heterocycles. The molecule has 1 amide bonds. The van der Waals surface area contributed by atoms with Gasteiger partial charge in [-0.2, -0.15) is 0 Å². The van der Waals surface area contributed by atoms with Gasteiger partial charge in [-0.15, -0.1) is 0 Å². The van der Waals surface area contributed by atoms with Crippen LogP contribution in [0, 0.1) is 0 Å². The summed E-state index contributed by atoms with van der Waals surface area (Å²) < 4.78 is 0.945. The minimum Gasteiger partial charge on any atom is -0.508 e. The number of phenolic OH excluding ortho intramolecular Hbond substituents is 1. The second-order valence-corrected chi connectivity index (χ2v) is 7.54. The highest BCUT2D eigenvalue weighted by Crippen LogP contribution is 2.35. The van der Waals surface area contributed by atoms with Gasteiger partial charge in [0.25, 0.3) is 5.91 Å². The lowest BCUT2D eigenvalue weighted by Crippen LogP contribution is -2.28. The molecule has 138 valence electrons. The Bertz CT molecular complexity index is 970. The van der Waals surface area contributed by atoms with E-state index in [9.17, 15) is 19.8 Å². The van der Waals surface area contributed by atoms with Gasteiger partial charge in [0, 0.05) is 11.0 Å². The first-order valence-corrected chi connectivity index (χ1v) is 9.62. The third kappa shape index (κ3) is 4.23. The molecular weight excluding hydrogens is 432 g/mol. The Kier molecular flexibility index (Phi) is 5.67. The Morgan fingerprint density at radius 2 is 1.96 bits per heavy atom. The van der Waals surface area contributed by atoms with Crippen LogP contribution in [-0.4, -0.2) is 38.7 Å². The largest absolute Gasteiger partial charge is 0.508 e. The molecule has 1 saturated heterocycles. The summed E-state index contributed by atoms with van der Waals surface area (Å²) >= 11 is 4.57. The molecule has 0 aromatic heterocycles. The van der Waals surface area contributed by atoms with Gasteiger partial charge in [-0.25, -0.2) is 9.79 Å². The van der Waals surface area contributed by atoms with Crippen LogP contribution in [0.15, 0.2) is 56.8 Å². The van der Waals surface area contributed by atoms with Crippen molar-refractivity contribution in [3.63, 3.8) is 0 Å². The SMILES string of the molecule is CCN1C(=O)/C(=C/c2ccc(Br)cc2)SC1=Nc1ccc(O)cc1C(=O)O. The van der Waals surface area contributed by atoms with E-state index in [1.165, 1.54) is 28.8 Å². The average Bonchev–Trinajstić information content (AvgIpc) is 2.92. The monoisotopic (exact) mass is 446 g/mol. The predicted octanol–water partition coefficient (Wildman–Crippen LogP) is 4.48. The van der Waals surface area contributed by atoms with E-state index in [0.29, 0.717) is 16.6 Å². The number of aromatic hydroxyl groups is 1. The number of rotatable bonds is 4. The molecule has 0 aliphatic carbocycles. The van der Waals surface area contributed by atoms with Crippen LogP contribution >= 0.6 is 27.7 Å². The maximum absolute atomic E-state index is 12.7. The maximum atomic E-state index is 12.7. The molecular formula is C19H15BrN2O4S. The van der Waals surface area contributed by atoms with Crippen molar-refractivity contribution in [3.05, 3.63) is 63.0 Å². The standard InChI is InChI=1S/C19H15BrN2O4S/c1-2-22-17(24)16(9-11-3-5-12(20)6-4-11)27-19(22)21-15-8-7-13(23)10-14(15)18(25)26/h3-10,23H,2H2,1H3,(H,25,26)/b16-9-,21-19?. The second-order valence-electron chi connectivity index (χ2n) is 5.61. The molecule has 2 aromatic rings. The molecule has 1 heterocycles. The van der Waals surface area contributed by atoms with Gasteiger partial charge in [0.1, 0.15) is 5.75 Å². The zero-order chi connectivity index (χ0) is 19.6. The van der Waals surface area contributed by atoms with E-state index in [2.05, 4.69) is 20.9 Å². The number of hydrogen-bond acceptors (Lipinski definition) is 5. The van der Waals surface area contributed by atoms with Crippen LogP contribution in [0.5, 0.6) is 5.75 Å². The van der Waals surface area contributed by atoms with Gasteiger partial charge in [-0.3, -0.25) is 9.69 Å². The van der Waals surface area contributed by atoms with Crippen LogP contribution in [0.1, 0.15) is 22.8 Å². The normalized spacial score (nSPS) is 17.1. The fraction of sp³-hybridized carbons (Fsp3) is 0.105. The number of carbonyl (C=O) groups excluding carboxylic acids is 1. The molecule has 0 spiro atoms. The lowest BCUT2D eigenvalue weighted by molar-refractivity contribution is -0.122. The lowest BCUT2D eigenvalue weighted by atomic mass is 10.2. The van der Waals surface area contributed by atoms with Crippen LogP contribution in [0.3, 0.4) is 0 Å². The number of likely N-dealkylation sites (N-methyl/N-ethyl adjacent to an activating group) is 1. The molecule has 0 atom stereocenters. The fourth-order valence-electron chi connectivity index (χ4n) is 2.48. The highest BCUT2D eigenvalue weighted by molar-refractivity contribution is 9.10. The molecule has 6 nitrogen and oxygen atoms in total. The molecule has 0 radical (unpaired) electrons. The van der Waals surface area contributed by atoms with E-state index in [1.807, 2.05) is 31.2 Å². The first-order chi connectivity index (χ1) is 12.9. The molecule has 0 unspecified atom stereocenters. The predicted molar refractivity (Wildman–Crippen MR) is 109 cm³/mol. The number of carboxylic acid groups (broad SMARTS) is 1. The van der Waals surface area contributed by atoms with Crippen molar-refractivity contribution in [2.75, 3.05) is 6.54 Å². The van der Waals surface area contributed by atoms with Gasteiger partial charge in [-0.1, -0.05) is 28.1 Å². The molecule has 27 heavy (non-hydrogen) atoms. The Labute approximate surface area is 168 Å². The lowest BCUT2D eigenvalue weighted by Gasteiger charge is -2.12. The van der Waals surface area contributed by atoms with E-state index >= 15 is 0 Å². The van der Waals surface area contributed by atoms with Crippen molar-refractivity contribution in [2.45, 2.75) is 6.92 Å². The second kappa shape index (κ2) is 7.98. The summed E-state index contributed by atoms with van der Waals surface area (Å²) in [5.41, 5.74) is 0.929. The van der Waals surface area contributed by atoms with E-state index in [4.69, 9.17) is 0 Å². The van der Waals surface area contributed by atoms with Crippen molar-refractivity contribution >= 4 is 56.5 Å². The van der Waals surface area contributed by atoms with Crippen molar-refractivity contribution in [2.24, 2.45) is 4.99 Å². The zero-order valence-electron chi connectivity index (χ0n) is 14.2. The number of halogens is 1. The Morgan fingerprint density at radius 1 is 1.26 bits per heavy atom. The summed E-state index contributed by atoms with van der Waals surface area (Å²) in [6, 6.07) is 11.5. The number of carboxylic acids is 1. The smallest absolute Gasteiger partial charge is 0.338 e. The van der Waals surface area contributed by atoms with Crippen LogP contribution in [-0.2, 0) is 4.79 Å². The van der Waals surface area contributed by atoms with E-state index < -0.39 is 5.97 Å². The van der Waals surface area contributed by atoms with Crippen molar-refractivity contribution in [1.82, 2.24) is 4.90 Å².